The van der Waals surface area contributed by atoms with Crippen molar-refractivity contribution in [2.75, 3.05) is 17.2 Å². The maximum Gasteiger partial charge on any atom is 0.226 e. The molecule has 1 atom stereocenters. The van der Waals surface area contributed by atoms with Crippen LogP contribution in [-0.4, -0.2) is 37.5 Å². The van der Waals surface area contributed by atoms with E-state index in [0.717, 1.165) is 16.8 Å². The number of halogens is 1. The second-order valence-electron chi connectivity index (χ2n) is 6.39. The second-order valence-corrected chi connectivity index (χ2v) is 6.83. The van der Waals surface area contributed by atoms with Crippen molar-refractivity contribution in [3.05, 3.63) is 65.8 Å². The first-order valence-electron chi connectivity index (χ1n) is 8.86. The Morgan fingerprint density at radius 1 is 1.11 bits per heavy atom. The molecule has 8 heteroatoms. The minimum Gasteiger partial charge on any atom is -0.392 e. The molecule has 2 aromatic heterocycles. The van der Waals surface area contributed by atoms with Crippen molar-refractivity contribution in [2.45, 2.75) is 13.0 Å². The van der Waals surface area contributed by atoms with E-state index in [-0.39, 0.29) is 0 Å². The second kappa shape index (κ2) is 7.84. The lowest BCUT2D eigenvalue weighted by molar-refractivity contribution is 0.208. The lowest BCUT2D eigenvalue weighted by Gasteiger charge is -2.12. The van der Waals surface area contributed by atoms with Crippen LogP contribution in [-0.2, 0) is 0 Å². The van der Waals surface area contributed by atoms with Gasteiger partial charge in [-0.25, -0.2) is 4.68 Å². The molecule has 2 aromatic carbocycles. The van der Waals surface area contributed by atoms with Crippen molar-refractivity contribution in [1.29, 1.82) is 0 Å². The third kappa shape index (κ3) is 3.90. The molecule has 0 amide bonds. The molecule has 4 aromatic rings. The summed E-state index contributed by atoms with van der Waals surface area (Å²) >= 11 is 6.10. The Bertz CT molecular complexity index is 1100. The largest absolute Gasteiger partial charge is 0.392 e. The number of nitrogens with one attached hydrogen (secondary N) is 2. The minimum atomic E-state index is -0.525. The van der Waals surface area contributed by atoms with E-state index < -0.39 is 6.10 Å². The standard InChI is InChI=1S/C20H19ClN6O/c1-13(28)11-22-20-25-18(24-15-7-5-6-14(21)10-15)17-12-23-27(19(17)26-20)16-8-3-2-4-9-16/h2-10,12-13,28H,11H2,1H3,(H2,22,24,25,26)/t13-/m1/s1. The van der Waals surface area contributed by atoms with Crippen LogP contribution in [0.1, 0.15) is 6.92 Å². The van der Waals surface area contributed by atoms with Gasteiger partial charge in [-0.05, 0) is 37.3 Å². The molecule has 4 rings (SSSR count). The summed E-state index contributed by atoms with van der Waals surface area (Å²) in [5.74, 6) is 0.998. The molecule has 142 valence electrons. The van der Waals surface area contributed by atoms with E-state index in [1.165, 1.54) is 0 Å². The number of nitrogens with zero attached hydrogens (tertiary/aromatic N) is 4. The number of para-hydroxylation sites is 1. The van der Waals surface area contributed by atoms with E-state index in [0.29, 0.717) is 29.0 Å². The average Bonchev–Trinajstić information content (AvgIpc) is 3.11. The van der Waals surface area contributed by atoms with Crippen LogP contribution in [0.3, 0.4) is 0 Å². The molecule has 0 spiro atoms. The Balaban J connectivity index is 1.81. The van der Waals surface area contributed by atoms with Gasteiger partial charge < -0.3 is 15.7 Å². The quantitative estimate of drug-likeness (QED) is 0.458. The molecule has 2 heterocycles. The maximum atomic E-state index is 9.59. The molecule has 28 heavy (non-hydrogen) atoms. The zero-order valence-electron chi connectivity index (χ0n) is 15.2. The van der Waals surface area contributed by atoms with Gasteiger partial charge in [-0.1, -0.05) is 35.9 Å². The van der Waals surface area contributed by atoms with Gasteiger partial charge in [0.25, 0.3) is 0 Å². The summed E-state index contributed by atoms with van der Waals surface area (Å²) in [5, 5.41) is 21.8. The highest BCUT2D eigenvalue weighted by Gasteiger charge is 2.15. The summed E-state index contributed by atoms with van der Waals surface area (Å²) in [4.78, 5) is 9.17. The number of aromatic nitrogens is 4. The average molecular weight is 395 g/mol. The topological polar surface area (TPSA) is 87.9 Å². The number of benzene rings is 2. The summed E-state index contributed by atoms with van der Waals surface area (Å²) in [6.07, 6.45) is 1.20. The minimum absolute atomic E-state index is 0.335. The SMILES string of the molecule is C[C@@H](O)CNc1nc(Nc2cccc(Cl)c2)c2cnn(-c3ccccc3)c2n1. The van der Waals surface area contributed by atoms with Gasteiger partial charge in [-0.15, -0.1) is 0 Å². The molecule has 0 saturated carbocycles. The maximum absolute atomic E-state index is 9.59. The highest BCUT2D eigenvalue weighted by atomic mass is 35.5. The zero-order valence-corrected chi connectivity index (χ0v) is 15.9. The van der Waals surface area contributed by atoms with Crippen LogP contribution < -0.4 is 10.6 Å². The fraction of sp³-hybridized carbons (Fsp3) is 0.150. The predicted molar refractivity (Wildman–Crippen MR) is 112 cm³/mol. The summed E-state index contributed by atoms with van der Waals surface area (Å²) in [5.41, 5.74) is 2.35. The molecular formula is C20H19ClN6O. The van der Waals surface area contributed by atoms with E-state index in [1.807, 2.05) is 54.6 Å². The van der Waals surface area contributed by atoms with Crippen LogP contribution in [0.4, 0.5) is 17.5 Å². The third-order valence-corrected chi connectivity index (χ3v) is 4.31. The Morgan fingerprint density at radius 3 is 2.68 bits per heavy atom. The van der Waals surface area contributed by atoms with Crippen LogP contribution in [0.5, 0.6) is 0 Å². The third-order valence-electron chi connectivity index (χ3n) is 4.07. The van der Waals surface area contributed by atoms with E-state index in [9.17, 15) is 5.11 Å². The van der Waals surface area contributed by atoms with Gasteiger partial charge in [0.15, 0.2) is 5.65 Å². The molecule has 0 bridgehead atoms. The lowest BCUT2D eigenvalue weighted by Crippen LogP contribution is -2.17. The van der Waals surface area contributed by atoms with E-state index in [4.69, 9.17) is 11.6 Å². The number of anilines is 3. The van der Waals surface area contributed by atoms with Crippen molar-refractivity contribution in [2.24, 2.45) is 0 Å². The Labute approximate surface area is 167 Å². The molecule has 0 saturated heterocycles. The molecule has 0 fully saturated rings. The number of aliphatic hydroxyl groups is 1. The van der Waals surface area contributed by atoms with Crippen LogP contribution in [0, 0.1) is 0 Å². The number of fused-ring (bicyclic) bond motifs is 1. The molecule has 0 aliphatic carbocycles. The van der Waals surface area contributed by atoms with Crippen LogP contribution >= 0.6 is 11.6 Å². The van der Waals surface area contributed by atoms with Crippen molar-refractivity contribution in [3.63, 3.8) is 0 Å². The van der Waals surface area contributed by atoms with Crippen molar-refractivity contribution in [3.8, 4) is 5.69 Å². The first kappa shape index (κ1) is 18.2. The zero-order chi connectivity index (χ0) is 19.5. The fourth-order valence-corrected chi connectivity index (χ4v) is 2.97. The first-order chi connectivity index (χ1) is 13.6. The van der Waals surface area contributed by atoms with E-state index in [2.05, 4.69) is 25.7 Å². The monoisotopic (exact) mass is 394 g/mol. The Kier molecular flexibility index (Phi) is 5.10. The highest BCUT2D eigenvalue weighted by Crippen LogP contribution is 2.27. The van der Waals surface area contributed by atoms with Crippen LogP contribution in [0.15, 0.2) is 60.8 Å². The summed E-state index contributed by atoms with van der Waals surface area (Å²) in [6.45, 7) is 2.03. The lowest BCUT2D eigenvalue weighted by atomic mass is 10.3. The van der Waals surface area contributed by atoms with Gasteiger partial charge in [0, 0.05) is 17.3 Å². The fourth-order valence-electron chi connectivity index (χ4n) is 2.78. The number of aliphatic hydroxyl groups excluding tert-OH is 1. The molecule has 3 N–H and O–H groups in total. The van der Waals surface area contributed by atoms with Gasteiger partial charge in [0.05, 0.1) is 23.4 Å². The molecule has 0 aliphatic rings. The molecule has 0 unspecified atom stereocenters. The van der Waals surface area contributed by atoms with Crippen molar-refractivity contribution >= 4 is 40.1 Å². The predicted octanol–water partition coefficient (Wildman–Crippen LogP) is 4.01. The number of hydrogen-bond acceptors (Lipinski definition) is 6. The summed E-state index contributed by atoms with van der Waals surface area (Å²) in [6, 6.07) is 17.2. The summed E-state index contributed by atoms with van der Waals surface area (Å²) in [7, 11) is 0. The van der Waals surface area contributed by atoms with Crippen molar-refractivity contribution in [1.82, 2.24) is 19.7 Å². The van der Waals surface area contributed by atoms with Gasteiger partial charge in [0.1, 0.15) is 5.82 Å². The Morgan fingerprint density at radius 2 is 1.93 bits per heavy atom. The van der Waals surface area contributed by atoms with Crippen molar-refractivity contribution < 1.29 is 5.11 Å². The first-order valence-corrected chi connectivity index (χ1v) is 9.23. The summed E-state index contributed by atoms with van der Waals surface area (Å²) < 4.78 is 1.76. The van der Waals surface area contributed by atoms with Crippen LogP contribution in [0.2, 0.25) is 5.02 Å². The van der Waals surface area contributed by atoms with Crippen LogP contribution in [0.25, 0.3) is 16.7 Å². The van der Waals surface area contributed by atoms with Gasteiger partial charge in [-0.2, -0.15) is 15.1 Å². The number of rotatable bonds is 6. The highest BCUT2D eigenvalue weighted by molar-refractivity contribution is 6.30. The molecule has 7 nitrogen and oxygen atoms in total. The van der Waals surface area contributed by atoms with Gasteiger partial charge in [-0.3, -0.25) is 0 Å². The Hall–Kier alpha value is -3.16. The van der Waals surface area contributed by atoms with E-state index in [1.54, 1.807) is 17.8 Å². The van der Waals surface area contributed by atoms with Gasteiger partial charge >= 0.3 is 0 Å². The number of hydrogen-bond donors (Lipinski definition) is 3. The molecule has 0 aliphatic heterocycles. The normalized spacial score (nSPS) is 12.1. The molecule has 0 radical (unpaired) electrons. The smallest absolute Gasteiger partial charge is 0.226 e. The van der Waals surface area contributed by atoms with Gasteiger partial charge in [0.2, 0.25) is 5.95 Å². The van der Waals surface area contributed by atoms with E-state index >= 15 is 0 Å². The molecular weight excluding hydrogens is 376 g/mol.